The minimum Gasteiger partial charge on any atom is -0.382 e. The number of rotatable bonds is 3. The van der Waals surface area contributed by atoms with Gasteiger partial charge in [-0.2, -0.15) is 0 Å². The highest BCUT2D eigenvalue weighted by Crippen LogP contribution is 2.33. The van der Waals surface area contributed by atoms with Crippen LogP contribution in [-0.4, -0.2) is 28.3 Å². The first-order chi connectivity index (χ1) is 9.38. The molecule has 0 aliphatic carbocycles. The molecule has 1 aromatic heterocycles. The summed E-state index contributed by atoms with van der Waals surface area (Å²) < 4.78 is 0.830. The highest BCUT2D eigenvalue weighted by Gasteiger charge is 2.32. The van der Waals surface area contributed by atoms with Gasteiger partial charge in [0.1, 0.15) is 5.82 Å². The maximum Gasteiger partial charge on any atom is 0.227 e. The predicted molar refractivity (Wildman–Crippen MR) is 84.7 cm³/mol. The molecule has 0 radical (unpaired) electrons. The average Bonchev–Trinajstić information content (AvgIpc) is 2.72. The molecule has 1 unspecified atom stereocenters. The third-order valence-corrected chi connectivity index (χ3v) is 5.03. The maximum atomic E-state index is 12.1. The van der Waals surface area contributed by atoms with Crippen LogP contribution in [0.1, 0.15) is 19.0 Å². The van der Waals surface area contributed by atoms with Crippen molar-refractivity contribution >= 4 is 50.2 Å². The number of amides is 1. The van der Waals surface area contributed by atoms with E-state index in [4.69, 9.17) is 5.73 Å². The van der Waals surface area contributed by atoms with Crippen LogP contribution in [-0.2, 0) is 9.59 Å². The van der Waals surface area contributed by atoms with Crippen molar-refractivity contribution in [2.75, 3.05) is 22.9 Å². The van der Waals surface area contributed by atoms with Gasteiger partial charge in [0.2, 0.25) is 5.91 Å². The summed E-state index contributed by atoms with van der Waals surface area (Å²) >= 11 is 4.67. The third kappa shape index (κ3) is 3.32. The Labute approximate surface area is 130 Å². The second kappa shape index (κ2) is 6.13. The van der Waals surface area contributed by atoms with Gasteiger partial charge in [0.15, 0.2) is 5.12 Å². The first-order valence-corrected chi connectivity index (χ1v) is 8.02. The van der Waals surface area contributed by atoms with Crippen molar-refractivity contribution in [2.45, 2.75) is 20.3 Å². The van der Waals surface area contributed by atoms with Gasteiger partial charge >= 0.3 is 0 Å². The highest BCUT2D eigenvalue weighted by atomic mass is 79.9. The molecule has 0 bridgehead atoms. The maximum absolute atomic E-state index is 12.1. The number of nitrogens with zero attached hydrogens (tertiary/aromatic N) is 2. The fraction of sp³-hybridized carbons (Fsp3) is 0.462. The third-order valence-electron chi connectivity index (χ3n) is 3.18. The quantitative estimate of drug-likeness (QED) is 0.898. The zero-order valence-electron chi connectivity index (χ0n) is 11.4. The molecule has 0 saturated carbocycles. The number of aryl methyl sites for hydroxylation is 1. The number of carbonyl (C=O) groups is 2. The summed E-state index contributed by atoms with van der Waals surface area (Å²) in [6, 6.07) is 1.83. The summed E-state index contributed by atoms with van der Waals surface area (Å²) in [7, 11) is 0. The van der Waals surface area contributed by atoms with Gasteiger partial charge in [0, 0.05) is 30.1 Å². The lowest BCUT2D eigenvalue weighted by Gasteiger charge is -2.19. The molecule has 7 heteroatoms. The molecule has 0 spiro atoms. The Hall–Kier alpha value is -1.08. The molecule has 2 N–H and O–H groups in total. The second-order valence-corrected chi connectivity index (χ2v) is 6.89. The molecule has 1 atom stereocenters. The number of nitrogens with two attached hydrogens (primary N) is 1. The Morgan fingerprint density at radius 2 is 2.35 bits per heavy atom. The Kier molecular flexibility index (Phi) is 4.70. The monoisotopic (exact) mass is 357 g/mol. The number of nitrogen functional groups attached to an aromatic ring is 1. The number of hydrogen-bond acceptors (Lipinski definition) is 5. The number of thioether (sulfide) groups is 1. The smallest absolute Gasteiger partial charge is 0.227 e. The van der Waals surface area contributed by atoms with Crippen LogP contribution in [0.3, 0.4) is 0 Å². The van der Waals surface area contributed by atoms with E-state index in [1.807, 2.05) is 13.0 Å². The Bertz CT molecular complexity index is 565. The summed E-state index contributed by atoms with van der Waals surface area (Å²) in [6.07, 6.45) is 0.450. The summed E-state index contributed by atoms with van der Waals surface area (Å²) in [6.45, 7) is 3.97. The Balaban J connectivity index is 2.16. The largest absolute Gasteiger partial charge is 0.382 e. The molecule has 20 heavy (non-hydrogen) atoms. The van der Waals surface area contributed by atoms with E-state index in [-0.39, 0.29) is 16.9 Å². The fourth-order valence-corrected chi connectivity index (χ4v) is 3.17. The van der Waals surface area contributed by atoms with E-state index in [2.05, 4.69) is 20.9 Å². The van der Waals surface area contributed by atoms with Crippen LogP contribution in [0.2, 0.25) is 0 Å². The summed E-state index contributed by atoms with van der Waals surface area (Å²) in [4.78, 5) is 29.0. The number of carbonyl (C=O) groups excluding carboxylic acids is 2. The standard InChI is InChI=1S/C13H16BrN3O2S/c1-7-10(14)4-11(13(15)16-7)17-5-9(3-12(17)19)6-20-8(2)18/h4,9H,3,5-6H2,1-2H3,(H2,15,16). The van der Waals surface area contributed by atoms with Gasteiger partial charge in [-0.1, -0.05) is 11.8 Å². The number of aromatic nitrogens is 1. The van der Waals surface area contributed by atoms with Gasteiger partial charge in [-0.15, -0.1) is 0 Å². The van der Waals surface area contributed by atoms with Crippen LogP contribution in [0.15, 0.2) is 10.5 Å². The molecule has 1 fully saturated rings. The fourth-order valence-electron chi connectivity index (χ4n) is 2.17. The first kappa shape index (κ1) is 15.3. The van der Waals surface area contributed by atoms with Crippen molar-refractivity contribution in [3.05, 3.63) is 16.2 Å². The van der Waals surface area contributed by atoms with E-state index in [0.717, 1.165) is 10.2 Å². The van der Waals surface area contributed by atoms with Crippen molar-refractivity contribution in [1.82, 2.24) is 4.98 Å². The Morgan fingerprint density at radius 3 is 3.00 bits per heavy atom. The number of halogens is 1. The lowest BCUT2D eigenvalue weighted by molar-refractivity contribution is -0.117. The van der Waals surface area contributed by atoms with E-state index in [0.29, 0.717) is 30.2 Å². The molecular weight excluding hydrogens is 342 g/mol. The average molecular weight is 358 g/mol. The minimum absolute atomic E-state index is 0.0309. The molecule has 1 saturated heterocycles. The molecule has 1 aromatic rings. The van der Waals surface area contributed by atoms with E-state index < -0.39 is 0 Å². The molecule has 0 aromatic carbocycles. The van der Waals surface area contributed by atoms with Crippen molar-refractivity contribution in [3.8, 4) is 0 Å². The van der Waals surface area contributed by atoms with Crippen LogP contribution in [0.5, 0.6) is 0 Å². The lowest BCUT2D eigenvalue weighted by Crippen LogP contribution is -2.26. The van der Waals surface area contributed by atoms with Crippen LogP contribution >= 0.6 is 27.7 Å². The number of anilines is 2. The van der Waals surface area contributed by atoms with Gasteiger partial charge in [-0.3, -0.25) is 9.59 Å². The second-order valence-electron chi connectivity index (χ2n) is 4.84. The number of pyridine rings is 1. The summed E-state index contributed by atoms with van der Waals surface area (Å²) in [5, 5.41) is 0.0789. The number of hydrogen-bond donors (Lipinski definition) is 1. The topological polar surface area (TPSA) is 76.3 Å². The zero-order chi connectivity index (χ0) is 14.9. The van der Waals surface area contributed by atoms with Crippen LogP contribution in [0, 0.1) is 12.8 Å². The van der Waals surface area contributed by atoms with Crippen molar-refractivity contribution in [2.24, 2.45) is 5.92 Å². The predicted octanol–water partition coefficient (Wildman–Crippen LogP) is 2.37. The van der Waals surface area contributed by atoms with Gasteiger partial charge in [-0.05, 0) is 34.8 Å². The van der Waals surface area contributed by atoms with Crippen LogP contribution in [0.4, 0.5) is 11.5 Å². The minimum atomic E-state index is 0.0309. The zero-order valence-corrected chi connectivity index (χ0v) is 13.8. The Morgan fingerprint density at radius 1 is 1.65 bits per heavy atom. The van der Waals surface area contributed by atoms with Gasteiger partial charge in [0.25, 0.3) is 0 Å². The molecule has 1 aliphatic heterocycles. The SMILES string of the molecule is CC(=O)SCC1CC(=O)N(c2cc(Br)c(C)nc2N)C1. The normalized spacial score (nSPS) is 18.6. The molecule has 1 aliphatic rings. The molecular formula is C13H16BrN3O2S. The molecule has 5 nitrogen and oxygen atoms in total. The van der Waals surface area contributed by atoms with Gasteiger partial charge < -0.3 is 10.6 Å². The highest BCUT2D eigenvalue weighted by molar-refractivity contribution is 9.10. The summed E-state index contributed by atoms with van der Waals surface area (Å²) in [5.41, 5.74) is 7.35. The molecule has 108 valence electrons. The lowest BCUT2D eigenvalue weighted by atomic mass is 10.1. The first-order valence-electron chi connectivity index (χ1n) is 6.25. The van der Waals surface area contributed by atoms with Gasteiger partial charge in [0.05, 0.1) is 11.4 Å². The van der Waals surface area contributed by atoms with Crippen LogP contribution in [0.25, 0.3) is 0 Å². The van der Waals surface area contributed by atoms with E-state index in [1.54, 1.807) is 4.90 Å². The van der Waals surface area contributed by atoms with Gasteiger partial charge in [-0.25, -0.2) is 4.98 Å². The molecule has 2 heterocycles. The van der Waals surface area contributed by atoms with Crippen molar-refractivity contribution < 1.29 is 9.59 Å². The van der Waals surface area contributed by atoms with E-state index in [1.165, 1.54) is 18.7 Å². The van der Waals surface area contributed by atoms with Crippen molar-refractivity contribution in [1.29, 1.82) is 0 Å². The molecule has 1 amide bonds. The van der Waals surface area contributed by atoms with E-state index >= 15 is 0 Å². The van der Waals surface area contributed by atoms with Crippen molar-refractivity contribution in [3.63, 3.8) is 0 Å². The van der Waals surface area contributed by atoms with Crippen LogP contribution < -0.4 is 10.6 Å². The molecule has 2 rings (SSSR count). The van der Waals surface area contributed by atoms with E-state index in [9.17, 15) is 9.59 Å². The summed E-state index contributed by atoms with van der Waals surface area (Å²) in [5.74, 6) is 1.23.